The highest BCUT2D eigenvalue weighted by Crippen LogP contribution is 2.28. The summed E-state index contributed by atoms with van der Waals surface area (Å²) in [5.74, 6) is 0.753. The third kappa shape index (κ3) is 4.87. The van der Waals surface area contributed by atoms with E-state index in [1.54, 1.807) is 22.8 Å². The van der Waals surface area contributed by atoms with Crippen molar-refractivity contribution in [1.82, 2.24) is 14.5 Å². The number of anilines is 1. The highest BCUT2D eigenvalue weighted by molar-refractivity contribution is 6.31. The fourth-order valence-electron chi connectivity index (χ4n) is 4.68. The lowest BCUT2D eigenvalue weighted by Gasteiger charge is -2.21. The Hall–Kier alpha value is -2.96. The molecule has 33 heavy (non-hydrogen) atoms. The molecule has 0 saturated carbocycles. The number of hydrogen-bond acceptors (Lipinski definition) is 4. The number of hydrogen-bond donors (Lipinski definition) is 1. The summed E-state index contributed by atoms with van der Waals surface area (Å²) in [7, 11) is 0. The number of fused-ring (bicyclic) bond motifs is 2. The number of carbonyl (C=O) groups is 1. The Morgan fingerprint density at radius 2 is 1.85 bits per heavy atom. The summed E-state index contributed by atoms with van der Waals surface area (Å²) in [6.07, 6.45) is 6.81. The molecule has 1 aromatic heterocycles. The highest BCUT2D eigenvalue weighted by atomic mass is 35.5. The van der Waals surface area contributed by atoms with E-state index in [-0.39, 0.29) is 11.5 Å². The molecule has 0 atom stereocenters. The van der Waals surface area contributed by atoms with E-state index in [1.165, 1.54) is 12.8 Å². The fourth-order valence-corrected chi connectivity index (χ4v) is 4.84. The Morgan fingerprint density at radius 3 is 2.64 bits per heavy atom. The molecule has 1 fully saturated rings. The van der Waals surface area contributed by atoms with Gasteiger partial charge in [-0.25, -0.2) is 4.98 Å². The van der Waals surface area contributed by atoms with Gasteiger partial charge in [-0.2, -0.15) is 0 Å². The van der Waals surface area contributed by atoms with E-state index in [1.807, 2.05) is 24.3 Å². The van der Waals surface area contributed by atoms with E-state index in [0.29, 0.717) is 34.7 Å². The van der Waals surface area contributed by atoms with Crippen molar-refractivity contribution < 1.29 is 4.79 Å². The number of amides is 1. The number of aromatic nitrogens is 2. The van der Waals surface area contributed by atoms with Crippen LogP contribution in [0.15, 0.2) is 47.3 Å². The minimum absolute atomic E-state index is 0.0238. The zero-order valence-electron chi connectivity index (χ0n) is 18.5. The minimum Gasteiger partial charge on any atom is -0.326 e. The number of rotatable bonds is 5. The third-order valence-electron chi connectivity index (χ3n) is 6.42. The maximum atomic E-state index is 13.0. The number of carbonyl (C=O) groups excluding carboxylic acids is 1. The minimum atomic E-state index is -0.0238. The molecule has 3 aromatic rings. The molecule has 1 saturated heterocycles. The van der Waals surface area contributed by atoms with Crippen LogP contribution in [0.2, 0.25) is 5.02 Å². The molecule has 0 aliphatic carbocycles. The second kappa shape index (κ2) is 9.49. The van der Waals surface area contributed by atoms with Gasteiger partial charge in [0.2, 0.25) is 5.91 Å². The Balaban J connectivity index is 1.33. The summed E-state index contributed by atoms with van der Waals surface area (Å²) in [4.78, 5) is 32.4. The number of likely N-dealkylation sites (tertiary alicyclic amines) is 1. The SMILES string of the molecule is O=C(CCN1CCCC1)Nc1ccc(/C=C2\CCCn3c2nc2cc(Cl)ccc2c3=O)cc1. The Kier molecular flexibility index (Phi) is 6.29. The van der Waals surface area contributed by atoms with E-state index in [4.69, 9.17) is 16.6 Å². The van der Waals surface area contributed by atoms with Gasteiger partial charge >= 0.3 is 0 Å². The van der Waals surface area contributed by atoms with Crippen molar-refractivity contribution in [3.05, 3.63) is 69.2 Å². The largest absolute Gasteiger partial charge is 0.326 e. The first-order valence-electron chi connectivity index (χ1n) is 11.6. The van der Waals surface area contributed by atoms with Crippen molar-refractivity contribution in [1.29, 1.82) is 0 Å². The van der Waals surface area contributed by atoms with Crippen LogP contribution in [0.1, 0.15) is 43.5 Å². The average Bonchev–Trinajstić information content (AvgIpc) is 3.33. The number of benzene rings is 2. The van der Waals surface area contributed by atoms with Crippen LogP contribution in [0.4, 0.5) is 5.69 Å². The van der Waals surface area contributed by atoms with Gasteiger partial charge in [-0.1, -0.05) is 23.7 Å². The lowest BCUT2D eigenvalue weighted by Crippen LogP contribution is -2.27. The molecule has 5 rings (SSSR count). The first-order valence-corrected chi connectivity index (χ1v) is 12.0. The third-order valence-corrected chi connectivity index (χ3v) is 6.66. The molecule has 6 nitrogen and oxygen atoms in total. The molecule has 2 aromatic carbocycles. The molecule has 3 heterocycles. The molecule has 0 bridgehead atoms. The van der Waals surface area contributed by atoms with Crippen LogP contribution < -0.4 is 10.9 Å². The first-order chi connectivity index (χ1) is 16.1. The van der Waals surface area contributed by atoms with E-state index in [9.17, 15) is 9.59 Å². The predicted molar refractivity (Wildman–Crippen MR) is 133 cm³/mol. The van der Waals surface area contributed by atoms with Crippen LogP contribution in [0, 0.1) is 0 Å². The van der Waals surface area contributed by atoms with Crippen LogP contribution in [0.5, 0.6) is 0 Å². The van der Waals surface area contributed by atoms with Gasteiger partial charge in [0, 0.05) is 30.2 Å². The van der Waals surface area contributed by atoms with Crippen molar-refractivity contribution in [3.63, 3.8) is 0 Å². The molecular weight excluding hydrogens is 436 g/mol. The summed E-state index contributed by atoms with van der Waals surface area (Å²) in [6, 6.07) is 13.0. The van der Waals surface area contributed by atoms with Crippen LogP contribution in [-0.2, 0) is 11.3 Å². The van der Waals surface area contributed by atoms with Crippen LogP contribution in [0.25, 0.3) is 22.6 Å². The molecule has 170 valence electrons. The monoisotopic (exact) mass is 462 g/mol. The summed E-state index contributed by atoms with van der Waals surface area (Å²) < 4.78 is 1.76. The highest BCUT2D eigenvalue weighted by Gasteiger charge is 2.19. The van der Waals surface area contributed by atoms with Gasteiger partial charge in [0.15, 0.2) is 0 Å². The molecule has 0 unspecified atom stereocenters. The van der Waals surface area contributed by atoms with Gasteiger partial charge in [0.1, 0.15) is 5.82 Å². The second-order valence-corrected chi connectivity index (χ2v) is 9.23. The molecule has 1 amide bonds. The van der Waals surface area contributed by atoms with Gasteiger partial charge in [0.25, 0.3) is 5.56 Å². The van der Waals surface area contributed by atoms with Gasteiger partial charge in [-0.3, -0.25) is 14.2 Å². The van der Waals surface area contributed by atoms with E-state index < -0.39 is 0 Å². The molecule has 2 aliphatic rings. The Labute approximate surface area is 197 Å². The Bertz CT molecular complexity index is 1270. The van der Waals surface area contributed by atoms with E-state index >= 15 is 0 Å². The molecular formula is C26H27ClN4O2. The van der Waals surface area contributed by atoms with Gasteiger partial charge in [0.05, 0.1) is 10.9 Å². The zero-order valence-corrected chi connectivity index (χ0v) is 19.3. The van der Waals surface area contributed by atoms with Crippen LogP contribution in [-0.4, -0.2) is 40.0 Å². The van der Waals surface area contributed by atoms with Gasteiger partial charge in [-0.15, -0.1) is 0 Å². The summed E-state index contributed by atoms with van der Waals surface area (Å²) in [5.41, 5.74) is 3.43. The van der Waals surface area contributed by atoms with Gasteiger partial charge in [-0.05, 0) is 86.3 Å². The van der Waals surface area contributed by atoms with Crippen molar-refractivity contribution in [2.75, 3.05) is 25.0 Å². The fraction of sp³-hybridized carbons (Fsp3) is 0.346. The smallest absolute Gasteiger partial charge is 0.261 e. The van der Waals surface area contributed by atoms with Crippen molar-refractivity contribution in [2.24, 2.45) is 0 Å². The predicted octanol–water partition coefficient (Wildman–Crippen LogP) is 4.81. The van der Waals surface area contributed by atoms with Crippen molar-refractivity contribution >= 4 is 45.7 Å². The second-order valence-electron chi connectivity index (χ2n) is 8.80. The zero-order chi connectivity index (χ0) is 22.8. The lowest BCUT2D eigenvalue weighted by molar-refractivity contribution is -0.116. The average molecular weight is 463 g/mol. The van der Waals surface area contributed by atoms with Gasteiger partial charge < -0.3 is 10.2 Å². The summed E-state index contributed by atoms with van der Waals surface area (Å²) in [6.45, 7) is 3.69. The number of nitrogens with one attached hydrogen (secondary N) is 1. The van der Waals surface area contributed by atoms with Crippen molar-refractivity contribution in [3.8, 4) is 0 Å². The molecule has 0 radical (unpaired) electrons. The molecule has 2 aliphatic heterocycles. The van der Waals surface area contributed by atoms with Crippen molar-refractivity contribution in [2.45, 2.75) is 38.6 Å². The molecule has 1 N–H and O–H groups in total. The topological polar surface area (TPSA) is 67.2 Å². The summed E-state index contributed by atoms with van der Waals surface area (Å²) in [5, 5.41) is 4.15. The molecule has 0 spiro atoms. The molecule has 7 heteroatoms. The number of allylic oxidation sites excluding steroid dienone is 1. The summed E-state index contributed by atoms with van der Waals surface area (Å²) >= 11 is 6.13. The first kappa shape index (κ1) is 21.9. The quantitative estimate of drug-likeness (QED) is 0.591. The maximum Gasteiger partial charge on any atom is 0.261 e. The number of halogens is 1. The lowest BCUT2D eigenvalue weighted by atomic mass is 10.0. The normalized spacial score (nSPS) is 17.4. The van der Waals surface area contributed by atoms with E-state index in [2.05, 4.69) is 16.3 Å². The van der Waals surface area contributed by atoms with Crippen LogP contribution >= 0.6 is 11.6 Å². The van der Waals surface area contributed by atoms with Crippen LogP contribution in [0.3, 0.4) is 0 Å². The number of nitrogens with zero attached hydrogens (tertiary/aromatic N) is 3. The Morgan fingerprint density at radius 1 is 1.06 bits per heavy atom. The standard InChI is InChI=1S/C26H27ClN4O2/c27-20-7-10-22-23(17-20)29-25-19(4-3-14-31(25)26(22)33)16-18-5-8-21(9-6-18)28-24(32)11-15-30-12-1-2-13-30/h5-10,16-17H,1-4,11-15H2,(H,28,32)/b19-16+. The van der Waals surface area contributed by atoms with E-state index in [0.717, 1.165) is 49.3 Å². The maximum absolute atomic E-state index is 13.0.